The standard InChI is InChI=1S/C20H32N2O4S/c1-9-26-18(24)21-17(27)22(25)12(2)13-10-14(19(3,4)5)16(23)15(11-13)20(6,7)8/h10-12,23,25H,9H2,1-8H3,(H,21,24,27). The number of hydrogen-bond donors (Lipinski definition) is 3. The van der Waals surface area contributed by atoms with Crippen LogP contribution in [0.4, 0.5) is 4.79 Å². The summed E-state index contributed by atoms with van der Waals surface area (Å²) in [7, 11) is 0. The number of phenols is 1. The molecule has 0 radical (unpaired) electrons. The van der Waals surface area contributed by atoms with Gasteiger partial charge >= 0.3 is 6.09 Å². The van der Waals surface area contributed by atoms with E-state index in [1.54, 1.807) is 13.8 Å². The minimum atomic E-state index is -0.717. The summed E-state index contributed by atoms with van der Waals surface area (Å²) >= 11 is 5.10. The van der Waals surface area contributed by atoms with Gasteiger partial charge in [-0.2, -0.15) is 0 Å². The van der Waals surface area contributed by atoms with Crippen LogP contribution in [0.2, 0.25) is 0 Å². The van der Waals surface area contributed by atoms with Gasteiger partial charge in [-0.15, -0.1) is 0 Å². The minimum Gasteiger partial charge on any atom is -0.507 e. The summed E-state index contributed by atoms with van der Waals surface area (Å²) < 4.78 is 4.78. The van der Waals surface area contributed by atoms with Crippen LogP contribution in [0, 0.1) is 0 Å². The summed E-state index contributed by atoms with van der Waals surface area (Å²) in [5.41, 5.74) is 1.77. The number of carbonyl (C=O) groups is 1. The quantitative estimate of drug-likeness (QED) is 0.504. The lowest BCUT2D eigenvalue weighted by Gasteiger charge is -2.31. The Kier molecular flexibility index (Phi) is 7.24. The molecule has 1 rings (SSSR count). The maximum absolute atomic E-state index is 11.5. The third-order valence-corrected chi connectivity index (χ3v) is 4.58. The Morgan fingerprint density at radius 1 is 1.19 bits per heavy atom. The third kappa shape index (κ3) is 5.81. The van der Waals surface area contributed by atoms with Gasteiger partial charge < -0.3 is 9.84 Å². The van der Waals surface area contributed by atoms with E-state index in [0.29, 0.717) is 0 Å². The zero-order valence-corrected chi connectivity index (χ0v) is 18.3. The van der Waals surface area contributed by atoms with Crippen molar-refractivity contribution >= 4 is 23.4 Å². The number of ether oxygens (including phenoxy) is 1. The Balaban J connectivity index is 3.32. The molecule has 1 aromatic rings. The van der Waals surface area contributed by atoms with Crippen LogP contribution in [0.1, 0.15) is 78.1 Å². The predicted octanol–water partition coefficient (Wildman–Crippen LogP) is 4.77. The minimum absolute atomic E-state index is 0.149. The van der Waals surface area contributed by atoms with Gasteiger partial charge in [0.25, 0.3) is 0 Å². The number of phenolic OH excluding ortho intramolecular Hbond substituents is 1. The normalized spacial score (nSPS) is 13.1. The number of nitrogens with one attached hydrogen (secondary N) is 1. The maximum atomic E-state index is 11.5. The van der Waals surface area contributed by atoms with E-state index in [2.05, 4.69) is 5.32 Å². The molecular formula is C20H32N2O4S. The predicted molar refractivity (Wildman–Crippen MR) is 110 cm³/mol. The van der Waals surface area contributed by atoms with Gasteiger partial charge in [-0.05, 0) is 65.7 Å². The molecule has 152 valence electrons. The Morgan fingerprint density at radius 2 is 1.63 bits per heavy atom. The molecular weight excluding hydrogens is 364 g/mol. The van der Waals surface area contributed by atoms with E-state index in [1.165, 1.54) is 0 Å². The first-order chi connectivity index (χ1) is 12.2. The van der Waals surface area contributed by atoms with E-state index >= 15 is 0 Å². The molecule has 27 heavy (non-hydrogen) atoms. The molecule has 3 N–H and O–H groups in total. The second kappa shape index (κ2) is 8.44. The van der Waals surface area contributed by atoms with Crippen LogP contribution in [0.5, 0.6) is 5.75 Å². The smallest absolute Gasteiger partial charge is 0.413 e. The van der Waals surface area contributed by atoms with Crippen molar-refractivity contribution in [2.75, 3.05) is 6.61 Å². The summed E-state index contributed by atoms with van der Waals surface area (Å²) in [5, 5.41) is 24.3. The summed E-state index contributed by atoms with van der Waals surface area (Å²) in [4.78, 5) is 11.5. The first-order valence-electron chi connectivity index (χ1n) is 9.03. The molecule has 1 aromatic carbocycles. The second-order valence-corrected chi connectivity index (χ2v) is 9.02. The molecule has 1 unspecified atom stereocenters. The molecule has 1 atom stereocenters. The van der Waals surface area contributed by atoms with Crippen molar-refractivity contribution in [2.24, 2.45) is 0 Å². The molecule has 0 spiro atoms. The number of rotatable bonds is 3. The fraction of sp³-hybridized carbons (Fsp3) is 0.600. The van der Waals surface area contributed by atoms with E-state index in [1.807, 2.05) is 53.7 Å². The van der Waals surface area contributed by atoms with Gasteiger partial charge in [-0.1, -0.05) is 41.5 Å². The summed E-state index contributed by atoms with van der Waals surface area (Å²) in [6.45, 7) is 15.8. The van der Waals surface area contributed by atoms with Crippen molar-refractivity contribution in [3.63, 3.8) is 0 Å². The molecule has 0 aliphatic carbocycles. The van der Waals surface area contributed by atoms with Crippen molar-refractivity contribution in [3.05, 3.63) is 28.8 Å². The molecule has 0 fully saturated rings. The Hall–Kier alpha value is -1.86. The average molecular weight is 397 g/mol. The number of carbonyl (C=O) groups excluding carboxylic acids is 1. The molecule has 0 saturated carbocycles. The fourth-order valence-corrected chi connectivity index (χ4v) is 2.91. The number of hydrogen-bond acceptors (Lipinski definition) is 5. The summed E-state index contributed by atoms with van der Waals surface area (Å²) in [5.74, 6) is 0.266. The molecule has 0 aliphatic heterocycles. The van der Waals surface area contributed by atoms with Gasteiger partial charge in [0.2, 0.25) is 5.11 Å². The monoisotopic (exact) mass is 396 g/mol. The lowest BCUT2D eigenvalue weighted by Crippen LogP contribution is -2.42. The van der Waals surface area contributed by atoms with Crippen LogP contribution in [-0.4, -0.2) is 33.2 Å². The van der Waals surface area contributed by atoms with Crippen molar-refractivity contribution in [1.82, 2.24) is 10.4 Å². The highest BCUT2D eigenvalue weighted by atomic mass is 32.1. The van der Waals surface area contributed by atoms with Crippen molar-refractivity contribution in [2.45, 2.75) is 72.3 Å². The third-order valence-electron chi connectivity index (χ3n) is 4.29. The Bertz CT molecular complexity index is 670. The van der Waals surface area contributed by atoms with E-state index in [4.69, 9.17) is 17.0 Å². The summed E-state index contributed by atoms with van der Waals surface area (Å²) in [6.07, 6.45) is -0.717. The number of nitrogens with zero attached hydrogens (tertiary/aromatic N) is 1. The van der Waals surface area contributed by atoms with E-state index in [0.717, 1.165) is 21.8 Å². The van der Waals surface area contributed by atoms with Crippen LogP contribution in [0.15, 0.2) is 12.1 Å². The largest absolute Gasteiger partial charge is 0.507 e. The molecule has 1 amide bonds. The average Bonchev–Trinajstić information content (AvgIpc) is 2.51. The molecule has 0 aromatic heterocycles. The van der Waals surface area contributed by atoms with Gasteiger partial charge in [-0.3, -0.25) is 10.5 Å². The highest BCUT2D eigenvalue weighted by molar-refractivity contribution is 7.80. The van der Waals surface area contributed by atoms with Crippen LogP contribution < -0.4 is 5.32 Å². The zero-order chi connectivity index (χ0) is 21.2. The van der Waals surface area contributed by atoms with Crippen LogP contribution in [0.25, 0.3) is 0 Å². The maximum Gasteiger partial charge on any atom is 0.413 e. The Morgan fingerprint density at radius 3 is 2.00 bits per heavy atom. The first-order valence-corrected chi connectivity index (χ1v) is 9.44. The topological polar surface area (TPSA) is 82.0 Å². The van der Waals surface area contributed by atoms with Crippen LogP contribution >= 0.6 is 12.2 Å². The number of alkyl carbamates (subject to hydrolysis) is 1. The SMILES string of the molecule is CCOC(=O)NC(=S)N(O)C(C)c1cc(C(C)(C)C)c(O)c(C(C)(C)C)c1. The van der Waals surface area contributed by atoms with Crippen molar-refractivity contribution in [3.8, 4) is 5.75 Å². The van der Waals surface area contributed by atoms with Gasteiger partial charge in [0.05, 0.1) is 12.6 Å². The summed E-state index contributed by atoms with van der Waals surface area (Å²) in [6, 6.07) is 3.19. The van der Waals surface area contributed by atoms with E-state index in [-0.39, 0.29) is 28.3 Å². The highest BCUT2D eigenvalue weighted by Crippen LogP contribution is 2.41. The molecule has 0 bridgehead atoms. The zero-order valence-electron chi connectivity index (χ0n) is 17.5. The highest BCUT2D eigenvalue weighted by Gasteiger charge is 2.29. The first kappa shape index (κ1) is 23.2. The van der Waals surface area contributed by atoms with Crippen LogP contribution in [-0.2, 0) is 15.6 Å². The van der Waals surface area contributed by atoms with Gasteiger partial charge in [-0.25, -0.2) is 9.86 Å². The van der Waals surface area contributed by atoms with E-state index in [9.17, 15) is 15.1 Å². The van der Waals surface area contributed by atoms with Gasteiger partial charge in [0.1, 0.15) is 5.75 Å². The fourth-order valence-electron chi connectivity index (χ4n) is 2.67. The van der Waals surface area contributed by atoms with Crippen molar-refractivity contribution in [1.29, 1.82) is 0 Å². The van der Waals surface area contributed by atoms with Gasteiger partial charge in [0, 0.05) is 0 Å². The lowest BCUT2D eigenvalue weighted by molar-refractivity contribution is -0.0497. The molecule has 0 saturated heterocycles. The Labute approximate surface area is 167 Å². The molecule has 0 aliphatic rings. The number of amides is 1. The second-order valence-electron chi connectivity index (χ2n) is 8.64. The lowest BCUT2D eigenvalue weighted by atomic mass is 9.78. The number of thiocarbonyl (C=S) groups is 1. The van der Waals surface area contributed by atoms with Gasteiger partial charge in [0.15, 0.2) is 0 Å². The van der Waals surface area contributed by atoms with Crippen molar-refractivity contribution < 1.29 is 19.8 Å². The molecule has 6 nitrogen and oxygen atoms in total. The molecule has 7 heteroatoms. The van der Waals surface area contributed by atoms with Crippen LogP contribution in [0.3, 0.4) is 0 Å². The van der Waals surface area contributed by atoms with E-state index < -0.39 is 12.1 Å². The number of hydroxylamine groups is 2. The number of benzene rings is 1. The molecule has 0 heterocycles. The number of aromatic hydroxyl groups is 1.